The van der Waals surface area contributed by atoms with Crippen LogP contribution in [0.5, 0.6) is 0 Å². The van der Waals surface area contributed by atoms with Crippen LogP contribution in [0.15, 0.2) is 12.4 Å². The quantitative estimate of drug-likeness (QED) is 0.899. The summed E-state index contributed by atoms with van der Waals surface area (Å²) in [6, 6.07) is 0. The van der Waals surface area contributed by atoms with Crippen molar-refractivity contribution in [2.45, 2.75) is 59.7 Å². The van der Waals surface area contributed by atoms with Crippen molar-refractivity contribution in [3.05, 3.63) is 18.1 Å². The predicted octanol–water partition coefficient (Wildman–Crippen LogP) is 3.64. The first-order valence-corrected chi connectivity index (χ1v) is 8.14. The van der Waals surface area contributed by atoms with Crippen LogP contribution in [0.25, 0.3) is 0 Å². The fourth-order valence-corrected chi connectivity index (χ4v) is 4.27. The minimum absolute atomic E-state index is 0.314. The lowest BCUT2D eigenvalue weighted by atomic mass is 9.70. The van der Waals surface area contributed by atoms with E-state index in [0.717, 1.165) is 24.0 Å². The Morgan fingerprint density at radius 1 is 1.29 bits per heavy atom. The molecule has 0 spiro atoms. The molecule has 2 saturated carbocycles. The molecule has 0 amide bonds. The lowest BCUT2D eigenvalue weighted by Crippen LogP contribution is -2.37. The molecule has 1 N–H and O–H groups in total. The van der Waals surface area contributed by atoms with Crippen LogP contribution >= 0.6 is 0 Å². The fourth-order valence-electron chi connectivity index (χ4n) is 4.27. The van der Waals surface area contributed by atoms with Crippen LogP contribution in [0.2, 0.25) is 0 Å². The van der Waals surface area contributed by atoms with Crippen molar-refractivity contribution in [1.29, 1.82) is 0 Å². The highest BCUT2D eigenvalue weighted by Gasteiger charge is 2.61. The average molecular weight is 289 g/mol. The van der Waals surface area contributed by atoms with Crippen molar-refractivity contribution in [3.8, 4) is 0 Å². The summed E-state index contributed by atoms with van der Waals surface area (Å²) < 4.78 is 6.24. The SMILES string of the molecule is CCNc1cnc(COC2CC3CCC2(C)C3(C)C)cn1. The van der Waals surface area contributed by atoms with Gasteiger partial charge in [-0.05, 0) is 42.9 Å². The van der Waals surface area contributed by atoms with E-state index in [9.17, 15) is 0 Å². The van der Waals surface area contributed by atoms with E-state index < -0.39 is 0 Å². The van der Waals surface area contributed by atoms with Gasteiger partial charge in [-0.3, -0.25) is 4.98 Å². The van der Waals surface area contributed by atoms with Crippen LogP contribution < -0.4 is 5.32 Å². The Kier molecular flexibility index (Phi) is 3.68. The second-order valence-electron chi connectivity index (χ2n) is 7.33. The van der Waals surface area contributed by atoms with E-state index in [1.54, 1.807) is 6.20 Å². The number of hydrogen-bond acceptors (Lipinski definition) is 4. The summed E-state index contributed by atoms with van der Waals surface area (Å²) in [6.45, 7) is 10.7. The van der Waals surface area contributed by atoms with Gasteiger partial charge in [-0.15, -0.1) is 0 Å². The van der Waals surface area contributed by atoms with E-state index in [2.05, 4.69) is 43.0 Å². The zero-order valence-corrected chi connectivity index (χ0v) is 13.6. The number of fused-ring (bicyclic) bond motifs is 2. The van der Waals surface area contributed by atoms with Gasteiger partial charge in [0.1, 0.15) is 5.82 Å². The molecule has 0 aromatic carbocycles. The van der Waals surface area contributed by atoms with Gasteiger partial charge >= 0.3 is 0 Å². The molecule has 0 aliphatic heterocycles. The average Bonchev–Trinajstić information content (AvgIpc) is 2.80. The summed E-state index contributed by atoms with van der Waals surface area (Å²) >= 11 is 0. The summed E-state index contributed by atoms with van der Waals surface area (Å²) in [7, 11) is 0. The third kappa shape index (κ3) is 2.33. The molecule has 21 heavy (non-hydrogen) atoms. The van der Waals surface area contributed by atoms with E-state index in [4.69, 9.17) is 4.74 Å². The third-order valence-electron chi connectivity index (χ3n) is 6.21. The highest BCUT2D eigenvalue weighted by atomic mass is 16.5. The van der Waals surface area contributed by atoms with Crippen molar-refractivity contribution in [2.24, 2.45) is 16.7 Å². The number of anilines is 1. The van der Waals surface area contributed by atoms with Crippen molar-refractivity contribution < 1.29 is 4.74 Å². The van der Waals surface area contributed by atoms with Crippen LogP contribution in [0.1, 0.15) is 52.7 Å². The summed E-state index contributed by atoms with van der Waals surface area (Å²) in [4.78, 5) is 8.78. The number of aromatic nitrogens is 2. The maximum absolute atomic E-state index is 6.24. The fraction of sp³-hybridized carbons (Fsp3) is 0.765. The molecule has 2 aliphatic carbocycles. The maximum Gasteiger partial charge on any atom is 0.144 e. The van der Waals surface area contributed by atoms with Crippen LogP contribution in [0.3, 0.4) is 0 Å². The Balaban J connectivity index is 1.61. The van der Waals surface area contributed by atoms with Crippen LogP contribution in [0.4, 0.5) is 5.82 Å². The maximum atomic E-state index is 6.24. The molecule has 4 nitrogen and oxygen atoms in total. The van der Waals surface area contributed by atoms with Gasteiger partial charge in [-0.25, -0.2) is 4.98 Å². The summed E-state index contributed by atoms with van der Waals surface area (Å²) in [5.41, 5.74) is 1.63. The van der Waals surface area contributed by atoms with Gasteiger partial charge in [-0.1, -0.05) is 20.8 Å². The largest absolute Gasteiger partial charge is 0.371 e. The van der Waals surface area contributed by atoms with Crippen LogP contribution in [-0.4, -0.2) is 22.6 Å². The molecule has 2 aliphatic rings. The van der Waals surface area contributed by atoms with Crippen molar-refractivity contribution in [1.82, 2.24) is 9.97 Å². The Bertz CT molecular complexity index is 499. The van der Waals surface area contributed by atoms with Gasteiger partial charge in [0.05, 0.1) is 30.8 Å². The van der Waals surface area contributed by atoms with E-state index in [0.29, 0.717) is 23.5 Å². The normalized spacial score (nSPS) is 33.3. The van der Waals surface area contributed by atoms with Crippen LogP contribution in [-0.2, 0) is 11.3 Å². The van der Waals surface area contributed by atoms with Gasteiger partial charge in [0.25, 0.3) is 0 Å². The monoisotopic (exact) mass is 289 g/mol. The highest BCUT2D eigenvalue weighted by Crippen LogP contribution is 2.66. The predicted molar refractivity (Wildman–Crippen MR) is 84.0 cm³/mol. The van der Waals surface area contributed by atoms with Crippen LogP contribution in [0, 0.1) is 16.7 Å². The Morgan fingerprint density at radius 2 is 2.10 bits per heavy atom. The topological polar surface area (TPSA) is 47.0 Å². The Morgan fingerprint density at radius 3 is 2.62 bits per heavy atom. The first kappa shape index (κ1) is 14.8. The number of nitrogens with one attached hydrogen (secondary N) is 1. The van der Waals surface area contributed by atoms with Gasteiger partial charge in [-0.2, -0.15) is 0 Å². The molecular weight excluding hydrogens is 262 g/mol. The lowest BCUT2D eigenvalue weighted by molar-refractivity contribution is -0.0560. The Hall–Kier alpha value is -1.16. The second kappa shape index (κ2) is 5.24. The molecule has 2 bridgehead atoms. The zero-order chi connectivity index (χ0) is 15.1. The summed E-state index contributed by atoms with van der Waals surface area (Å²) in [5.74, 6) is 1.64. The number of nitrogens with zero attached hydrogens (tertiary/aromatic N) is 2. The first-order valence-electron chi connectivity index (χ1n) is 8.14. The van der Waals surface area contributed by atoms with Gasteiger partial charge in [0, 0.05) is 6.54 Å². The molecule has 1 heterocycles. The zero-order valence-electron chi connectivity index (χ0n) is 13.6. The second-order valence-corrected chi connectivity index (χ2v) is 7.33. The molecule has 0 saturated heterocycles. The summed E-state index contributed by atoms with van der Waals surface area (Å²) in [5, 5.41) is 3.16. The summed E-state index contributed by atoms with van der Waals surface area (Å²) in [6.07, 6.45) is 7.82. The molecule has 0 radical (unpaired) electrons. The van der Waals surface area contributed by atoms with E-state index in [-0.39, 0.29) is 0 Å². The van der Waals surface area contributed by atoms with Crippen molar-refractivity contribution >= 4 is 5.82 Å². The van der Waals surface area contributed by atoms with E-state index in [1.165, 1.54) is 19.3 Å². The minimum Gasteiger partial charge on any atom is -0.371 e. The first-order chi connectivity index (χ1) is 9.97. The van der Waals surface area contributed by atoms with Gasteiger partial charge < -0.3 is 10.1 Å². The number of ether oxygens (including phenoxy) is 1. The van der Waals surface area contributed by atoms with Gasteiger partial charge in [0.2, 0.25) is 0 Å². The Labute approximate surface area is 127 Å². The molecule has 4 heteroatoms. The molecule has 3 unspecified atom stereocenters. The molecule has 3 rings (SSSR count). The van der Waals surface area contributed by atoms with Gasteiger partial charge in [0.15, 0.2) is 0 Å². The molecule has 3 atom stereocenters. The molecule has 116 valence electrons. The van der Waals surface area contributed by atoms with E-state index in [1.807, 2.05) is 6.20 Å². The molecule has 1 aromatic heterocycles. The van der Waals surface area contributed by atoms with Crippen molar-refractivity contribution in [2.75, 3.05) is 11.9 Å². The minimum atomic E-state index is 0.314. The number of rotatable bonds is 5. The standard InChI is InChI=1S/C17H27N3O/c1-5-18-15-10-19-13(9-20-15)11-21-14-8-12-6-7-17(14,4)16(12,2)3/h9-10,12,14H,5-8,11H2,1-4H3,(H,18,20). The number of hydrogen-bond donors (Lipinski definition) is 1. The smallest absolute Gasteiger partial charge is 0.144 e. The molecule has 1 aromatic rings. The highest BCUT2D eigenvalue weighted by molar-refractivity contribution is 5.30. The third-order valence-corrected chi connectivity index (χ3v) is 6.21. The molecular formula is C17H27N3O. The molecule has 2 fully saturated rings. The van der Waals surface area contributed by atoms with Crippen molar-refractivity contribution in [3.63, 3.8) is 0 Å². The lowest BCUT2D eigenvalue weighted by Gasteiger charge is -2.38. The van der Waals surface area contributed by atoms with E-state index >= 15 is 0 Å².